The topological polar surface area (TPSA) is 104 Å². The maximum atomic E-state index is 12.3. The zero-order chi connectivity index (χ0) is 21.9. The number of carboxylic acid groups (broad SMARTS) is 1. The highest BCUT2D eigenvalue weighted by molar-refractivity contribution is 5.84. The fraction of sp³-hybridized carbons (Fsp3) is 0.583. The fourth-order valence-corrected chi connectivity index (χ4v) is 4.17. The van der Waals surface area contributed by atoms with Gasteiger partial charge in [-0.1, -0.05) is 55.7 Å². The Morgan fingerprint density at radius 1 is 1.23 bits per heavy atom. The molecule has 30 heavy (non-hydrogen) atoms. The number of benzene rings is 1. The number of carboxylic acids is 1. The van der Waals surface area contributed by atoms with Crippen molar-refractivity contribution in [3.05, 3.63) is 47.5 Å². The van der Waals surface area contributed by atoms with Gasteiger partial charge in [0.1, 0.15) is 5.78 Å². The Labute approximate surface area is 178 Å². The summed E-state index contributed by atoms with van der Waals surface area (Å²) in [7, 11) is 1.64. The van der Waals surface area contributed by atoms with E-state index in [1.165, 1.54) is 0 Å². The molecule has 1 aliphatic carbocycles. The van der Waals surface area contributed by atoms with Crippen LogP contribution in [0.4, 0.5) is 0 Å². The van der Waals surface area contributed by atoms with E-state index in [4.69, 9.17) is 9.84 Å². The number of aliphatic hydroxyl groups excluding tert-OH is 2. The summed E-state index contributed by atoms with van der Waals surface area (Å²) in [6.45, 7) is 0.522. The number of ketones is 1. The van der Waals surface area contributed by atoms with Gasteiger partial charge in [-0.15, -0.1) is 0 Å². The van der Waals surface area contributed by atoms with Crippen LogP contribution < -0.4 is 0 Å². The molecule has 0 bridgehead atoms. The second-order valence-corrected chi connectivity index (χ2v) is 8.18. The maximum Gasteiger partial charge on any atom is 0.303 e. The van der Waals surface area contributed by atoms with Crippen LogP contribution in [0.25, 0.3) is 0 Å². The highest BCUT2D eigenvalue weighted by Crippen LogP contribution is 2.34. The molecule has 6 heteroatoms. The molecule has 0 amide bonds. The summed E-state index contributed by atoms with van der Waals surface area (Å²) >= 11 is 0. The number of carbonyl (C=O) groups excluding carboxylic acids is 1. The van der Waals surface area contributed by atoms with Crippen LogP contribution in [0, 0.1) is 11.8 Å². The van der Waals surface area contributed by atoms with Gasteiger partial charge in [-0.05, 0) is 24.0 Å². The first-order valence-electron chi connectivity index (χ1n) is 10.8. The van der Waals surface area contributed by atoms with Crippen LogP contribution in [0.2, 0.25) is 0 Å². The SMILES string of the molecule is COCc1cccc(CC(O)/C=C/[C@H]2[C@@H](O)CC(=O)[C@@H]2CCCCCCC(=O)O)c1. The molecule has 0 radical (unpaired) electrons. The highest BCUT2D eigenvalue weighted by Gasteiger charge is 2.39. The summed E-state index contributed by atoms with van der Waals surface area (Å²) in [5.74, 6) is -1.21. The highest BCUT2D eigenvalue weighted by atomic mass is 16.5. The lowest BCUT2D eigenvalue weighted by Crippen LogP contribution is -2.19. The van der Waals surface area contributed by atoms with Crippen molar-refractivity contribution in [2.24, 2.45) is 11.8 Å². The molecule has 1 aliphatic rings. The van der Waals surface area contributed by atoms with Crippen molar-refractivity contribution in [3.63, 3.8) is 0 Å². The van der Waals surface area contributed by atoms with Gasteiger partial charge in [0.05, 0.1) is 18.8 Å². The third-order valence-corrected chi connectivity index (χ3v) is 5.69. The predicted octanol–water partition coefficient (Wildman–Crippen LogP) is 3.28. The van der Waals surface area contributed by atoms with E-state index in [-0.39, 0.29) is 30.5 Å². The molecule has 166 valence electrons. The minimum Gasteiger partial charge on any atom is -0.481 e. The van der Waals surface area contributed by atoms with Crippen molar-refractivity contribution in [3.8, 4) is 0 Å². The van der Waals surface area contributed by atoms with E-state index < -0.39 is 18.2 Å². The van der Waals surface area contributed by atoms with Crippen molar-refractivity contribution in [2.45, 2.75) is 70.2 Å². The lowest BCUT2D eigenvalue weighted by Gasteiger charge is -2.18. The molecule has 1 unspecified atom stereocenters. The normalized spacial score (nSPS) is 22.6. The molecule has 6 nitrogen and oxygen atoms in total. The van der Waals surface area contributed by atoms with Gasteiger partial charge in [0.15, 0.2) is 0 Å². The van der Waals surface area contributed by atoms with Crippen LogP contribution in [0.3, 0.4) is 0 Å². The number of hydrogen-bond acceptors (Lipinski definition) is 5. The molecule has 0 aromatic heterocycles. The molecule has 4 atom stereocenters. The average molecular weight is 419 g/mol. The molecule has 1 aromatic carbocycles. The number of unbranched alkanes of at least 4 members (excludes halogenated alkanes) is 3. The Bertz CT molecular complexity index is 713. The lowest BCUT2D eigenvalue weighted by atomic mass is 9.88. The lowest BCUT2D eigenvalue weighted by molar-refractivity contribution is -0.137. The van der Waals surface area contributed by atoms with Gasteiger partial charge in [-0.3, -0.25) is 9.59 Å². The summed E-state index contributed by atoms with van der Waals surface area (Å²) in [6, 6.07) is 7.87. The standard InChI is InChI=1S/C24H34O6/c1-30-16-18-8-6-7-17(13-18)14-19(25)11-12-21-20(22(26)15-23(21)27)9-4-2-3-5-10-24(28)29/h6-8,11-13,19-21,23,25,27H,2-5,9-10,14-16H2,1H3,(H,28,29)/b12-11+/t19?,20-,21-,23+/m1/s1. The third kappa shape index (κ3) is 8.01. The number of Topliss-reactive ketones (excluding diaryl/α,β-unsaturated/α-hetero) is 1. The Hall–Kier alpha value is -2.02. The number of aliphatic hydroxyl groups is 2. The summed E-state index contributed by atoms with van der Waals surface area (Å²) in [4.78, 5) is 22.8. The zero-order valence-electron chi connectivity index (χ0n) is 17.7. The number of aliphatic carboxylic acids is 1. The van der Waals surface area contributed by atoms with Gasteiger partial charge in [0.2, 0.25) is 0 Å². The van der Waals surface area contributed by atoms with Crippen LogP contribution in [-0.4, -0.2) is 46.4 Å². The second-order valence-electron chi connectivity index (χ2n) is 8.18. The molecule has 2 rings (SSSR count). The van der Waals surface area contributed by atoms with Gasteiger partial charge < -0.3 is 20.1 Å². The number of ether oxygens (including phenoxy) is 1. The first-order valence-corrected chi connectivity index (χ1v) is 10.8. The van der Waals surface area contributed by atoms with Crippen LogP contribution in [0.5, 0.6) is 0 Å². The van der Waals surface area contributed by atoms with Gasteiger partial charge in [0, 0.05) is 38.2 Å². The fourth-order valence-electron chi connectivity index (χ4n) is 4.17. The Morgan fingerprint density at radius 3 is 2.70 bits per heavy atom. The quantitative estimate of drug-likeness (QED) is 0.335. The summed E-state index contributed by atoms with van der Waals surface area (Å²) in [5.41, 5.74) is 2.05. The van der Waals surface area contributed by atoms with E-state index in [0.29, 0.717) is 25.9 Å². The molecular formula is C24H34O6. The smallest absolute Gasteiger partial charge is 0.303 e. The number of carbonyl (C=O) groups is 2. The first kappa shape index (κ1) is 24.3. The molecule has 1 fully saturated rings. The summed E-state index contributed by atoms with van der Waals surface area (Å²) in [6.07, 6.45) is 6.77. The zero-order valence-corrected chi connectivity index (χ0v) is 17.7. The Balaban J connectivity index is 1.85. The molecule has 0 heterocycles. The van der Waals surface area contributed by atoms with E-state index in [2.05, 4.69) is 0 Å². The van der Waals surface area contributed by atoms with E-state index in [9.17, 15) is 19.8 Å². The van der Waals surface area contributed by atoms with Crippen molar-refractivity contribution in [1.29, 1.82) is 0 Å². The second kappa shape index (κ2) is 12.6. The van der Waals surface area contributed by atoms with Gasteiger partial charge in [-0.25, -0.2) is 0 Å². The van der Waals surface area contributed by atoms with Gasteiger partial charge in [-0.2, -0.15) is 0 Å². The first-order chi connectivity index (χ1) is 14.4. The van der Waals surface area contributed by atoms with Gasteiger partial charge >= 0.3 is 5.97 Å². The third-order valence-electron chi connectivity index (χ3n) is 5.69. The Morgan fingerprint density at radius 2 is 1.97 bits per heavy atom. The van der Waals surface area contributed by atoms with Crippen molar-refractivity contribution < 1.29 is 29.6 Å². The predicted molar refractivity (Wildman–Crippen MR) is 114 cm³/mol. The molecule has 0 aliphatic heterocycles. The van der Waals surface area contributed by atoms with Crippen LogP contribution >= 0.6 is 0 Å². The molecule has 0 saturated heterocycles. The molecule has 1 saturated carbocycles. The average Bonchev–Trinajstić information content (AvgIpc) is 2.95. The van der Waals surface area contributed by atoms with Crippen molar-refractivity contribution >= 4 is 11.8 Å². The molecule has 0 spiro atoms. The van der Waals surface area contributed by atoms with Crippen molar-refractivity contribution in [2.75, 3.05) is 7.11 Å². The monoisotopic (exact) mass is 418 g/mol. The molecule has 1 aromatic rings. The summed E-state index contributed by atoms with van der Waals surface area (Å²) < 4.78 is 5.14. The van der Waals surface area contributed by atoms with E-state index >= 15 is 0 Å². The molecular weight excluding hydrogens is 384 g/mol. The largest absolute Gasteiger partial charge is 0.481 e. The number of methoxy groups -OCH3 is 1. The van der Waals surface area contributed by atoms with E-state index in [1.54, 1.807) is 19.3 Å². The van der Waals surface area contributed by atoms with Crippen LogP contribution in [-0.2, 0) is 27.4 Å². The minimum atomic E-state index is -0.779. The maximum absolute atomic E-state index is 12.3. The number of hydrogen-bond donors (Lipinski definition) is 3. The van der Waals surface area contributed by atoms with Crippen LogP contribution in [0.15, 0.2) is 36.4 Å². The Kier molecular flexibility index (Phi) is 10.2. The minimum absolute atomic E-state index is 0.0736. The van der Waals surface area contributed by atoms with E-state index in [0.717, 1.165) is 30.4 Å². The van der Waals surface area contributed by atoms with Gasteiger partial charge in [0.25, 0.3) is 0 Å². The van der Waals surface area contributed by atoms with Crippen molar-refractivity contribution in [1.82, 2.24) is 0 Å². The van der Waals surface area contributed by atoms with Crippen LogP contribution in [0.1, 0.15) is 56.1 Å². The summed E-state index contributed by atoms with van der Waals surface area (Å²) in [5, 5.41) is 29.4. The van der Waals surface area contributed by atoms with E-state index in [1.807, 2.05) is 24.3 Å². The molecule has 3 N–H and O–H groups in total. The number of rotatable bonds is 13.